The fourth-order valence-electron chi connectivity index (χ4n) is 8.08. The molecule has 0 fully saturated rings. The van der Waals surface area contributed by atoms with Gasteiger partial charge in [-0.1, -0.05) is 72.8 Å². The molecule has 1 unspecified atom stereocenters. The van der Waals surface area contributed by atoms with E-state index < -0.39 is 93.1 Å². The van der Waals surface area contributed by atoms with Crippen molar-refractivity contribution in [1.29, 1.82) is 0 Å². The van der Waals surface area contributed by atoms with E-state index in [9.17, 15) is 44.3 Å². The van der Waals surface area contributed by atoms with Crippen LogP contribution < -0.4 is 18.7 Å². The molecule has 388 valence electrons. The highest BCUT2D eigenvalue weighted by atomic mass is 32.2. The number of anilines is 3. The molecule has 0 N–H and O–H groups in total. The summed E-state index contributed by atoms with van der Waals surface area (Å²) >= 11 is 1.04. The molecule has 24 heteroatoms. The number of carbonyl (C=O) groups excluding carboxylic acids is 2. The van der Waals surface area contributed by atoms with Crippen LogP contribution in [0.4, 0.5) is 56.0 Å². The molecule has 73 heavy (non-hydrogen) atoms. The van der Waals surface area contributed by atoms with Gasteiger partial charge in [-0.2, -0.15) is 39.5 Å². The maximum Gasteiger partial charge on any atom is 0.432 e. The number of rotatable bonds is 18. The third-order valence-corrected chi connectivity index (χ3v) is 14.3. The number of sulfonamides is 1. The Kier molecular flexibility index (Phi) is 15.7. The second-order valence-corrected chi connectivity index (χ2v) is 18.7. The lowest BCUT2D eigenvalue weighted by atomic mass is 9.92. The Morgan fingerprint density at radius 1 is 0.740 bits per heavy atom. The largest absolute Gasteiger partial charge is 0.497 e. The lowest BCUT2D eigenvalue weighted by molar-refractivity contribution is -0.282. The van der Waals surface area contributed by atoms with Crippen LogP contribution in [0.5, 0.6) is 11.5 Å². The predicted molar refractivity (Wildman–Crippen MR) is 246 cm³/mol. The lowest BCUT2D eigenvalue weighted by Gasteiger charge is -2.36. The number of ether oxygens (including phenoxy) is 6. The van der Waals surface area contributed by atoms with Gasteiger partial charge in [-0.25, -0.2) is 27.3 Å². The Bertz CT molecular complexity index is 2990. The van der Waals surface area contributed by atoms with E-state index in [1.165, 1.54) is 48.5 Å². The van der Waals surface area contributed by atoms with Crippen LogP contribution in [0.1, 0.15) is 27.8 Å². The molecule has 0 saturated carbocycles. The minimum absolute atomic E-state index is 0.0829. The van der Waals surface area contributed by atoms with E-state index in [0.717, 1.165) is 70.2 Å². The molecule has 5 aromatic carbocycles. The first-order chi connectivity index (χ1) is 34.5. The minimum Gasteiger partial charge on any atom is -0.497 e. The third kappa shape index (κ3) is 10.8. The second kappa shape index (κ2) is 21.3. The fourth-order valence-corrected chi connectivity index (χ4v) is 10.4. The normalized spacial score (nSPS) is 15.2. The Morgan fingerprint density at radius 2 is 1.33 bits per heavy atom. The lowest BCUT2D eigenvalue weighted by Crippen LogP contribution is -2.54. The molecular weight excluding hydrogens is 1030 g/mol. The van der Waals surface area contributed by atoms with E-state index in [0.29, 0.717) is 37.7 Å². The third-order valence-electron chi connectivity index (χ3n) is 11.7. The van der Waals surface area contributed by atoms with Gasteiger partial charge in [0.1, 0.15) is 30.8 Å². The van der Waals surface area contributed by atoms with Crippen LogP contribution in [0, 0.1) is 0 Å². The molecule has 0 aliphatic carbocycles. The zero-order valence-corrected chi connectivity index (χ0v) is 40.1. The van der Waals surface area contributed by atoms with E-state index in [-0.39, 0.29) is 46.8 Å². The monoisotopic (exact) mass is 1070 g/mol. The summed E-state index contributed by atoms with van der Waals surface area (Å²) in [7, 11) is -1.90. The topological polar surface area (TPSA) is 143 Å². The zero-order chi connectivity index (χ0) is 53.0. The summed E-state index contributed by atoms with van der Waals surface area (Å²) in [6.45, 7) is -2.01. The maximum atomic E-state index is 15.2. The number of esters is 2. The number of benzene rings is 5. The van der Waals surface area contributed by atoms with Gasteiger partial charge in [0.2, 0.25) is 0 Å². The average molecular weight is 1070 g/mol. The summed E-state index contributed by atoms with van der Waals surface area (Å²) in [4.78, 5) is 33.1. The number of carbonyl (C=O) groups is 2. The van der Waals surface area contributed by atoms with Gasteiger partial charge in [-0.3, -0.25) is 0 Å². The first-order valence-corrected chi connectivity index (χ1v) is 23.9. The summed E-state index contributed by atoms with van der Waals surface area (Å²) in [5.41, 5.74) is -10.6. The first kappa shape index (κ1) is 53.9. The van der Waals surface area contributed by atoms with E-state index in [1.807, 2.05) is 0 Å². The quantitative estimate of drug-likeness (QED) is 0.0597. The Balaban J connectivity index is 1.30. The summed E-state index contributed by atoms with van der Waals surface area (Å²) < 4.78 is 195. The van der Waals surface area contributed by atoms with Gasteiger partial charge >= 0.3 is 30.5 Å². The SMILES string of the molecule is COc1ccc(CN(c2nccs2)S(=O)(=O)c2ccc3c(c2)OCCN3c2ccc(C(F)(F)F)cc2C[C@@H](COC(=O)[C@@](OC)(c2ccccc2)C(F)(F)F)OC(=O)C(OC)(c2ccccc2)C(F)(F)F)cc1. The first-order valence-electron chi connectivity index (χ1n) is 21.5. The van der Waals surface area contributed by atoms with E-state index in [2.05, 4.69) is 4.98 Å². The molecular formula is C49H42F9N3O10S2. The summed E-state index contributed by atoms with van der Waals surface area (Å²) in [5.74, 6) is -3.94. The van der Waals surface area contributed by atoms with Crippen molar-refractivity contribution in [2.45, 2.75) is 53.7 Å². The average Bonchev–Trinajstić information content (AvgIpc) is 3.90. The van der Waals surface area contributed by atoms with Crippen LogP contribution in [0.3, 0.4) is 0 Å². The van der Waals surface area contributed by atoms with E-state index in [4.69, 9.17) is 28.4 Å². The fraction of sp³-hybridized carbons (Fsp3) is 0.286. The Hall–Kier alpha value is -6.89. The van der Waals surface area contributed by atoms with E-state index >= 15 is 13.2 Å². The molecule has 7 rings (SSSR count). The van der Waals surface area contributed by atoms with Crippen LogP contribution in [0.15, 0.2) is 138 Å². The molecule has 3 atom stereocenters. The standard InChI is InChI=1S/C49H42F9N3O10S2/c1-66-36-17-14-31(15-18-36)29-61(44-59-22-25-72-44)73(64,65)38-19-21-40-41(28-38)69-24-23-60(40)39-20-16-35(47(50,51)52)26-32(39)27-37(71-43(63)46(68-3,49(56,57)58)34-12-8-5-9-13-34)30-70-42(62)45(67-2,48(53,54)55)33-10-6-4-7-11-33/h4-22,25-26,28,37H,23-24,27,29-30H2,1-3H3/t37-,45-,46?/m0/s1. The van der Waals surface area contributed by atoms with E-state index in [1.54, 1.807) is 29.6 Å². The molecule has 6 aromatic rings. The van der Waals surface area contributed by atoms with Crippen LogP contribution >= 0.6 is 11.3 Å². The molecule has 1 aliphatic rings. The van der Waals surface area contributed by atoms with Crippen molar-refractivity contribution in [1.82, 2.24) is 4.98 Å². The van der Waals surface area contributed by atoms with Crippen LogP contribution in [-0.2, 0) is 68.9 Å². The molecule has 0 bridgehead atoms. The molecule has 0 amide bonds. The van der Waals surface area contributed by atoms with Gasteiger partial charge in [-0.05, 0) is 53.6 Å². The van der Waals surface area contributed by atoms with Crippen molar-refractivity contribution in [3.05, 3.63) is 161 Å². The van der Waals surface area contributed by atoms with Crippen LogP contribution in [0.2, 0.25) is 0 Å². The van der Waals surface area contributed by atoms with Gasteiger partial charge in [0.25, 0.3) is 21.2 Å². The number of aromatic nitrogens is 1. The maximum absolute atomic E-state index is 15.2. The number of fused-ring (bicyclic) bond motifs is 1. The highest BCUT2D eigenvalue weighted by molar-refractivity contribution is 7.93. The molecule has 1 aliphatic heterocycles. The molecule has 13 nitrogen and oxygen atoms in total. The molecule has 0 radical (unpaired) electrons. The zero-order valence-electron chi connectivity index (χ0n) is 38.5. The Morgan fingerprint density at radius 3 is 1.86 bits per heavy atom. The van der Waals surface area contributed by atoms with Gasteiger partial charge in [-0.15, -0.1) is 11.3 Å². The number of halogens is 9. The Labute approximate surface area is 415 Å². The van der Waals surface area contributed by atoms with Crippen molar-refractivity contribution in [2.24, 2.45) is 0 Å². The summed E-state index contributed by atoms with van der Waals surface area (Å²) in [6.07, 6.45) is -18.1. The van der Waals surface area contributed by atoms with Crippen LogP contribution in [-0.4, -0.2) is 84.9 Å². The molecule has 0 saturated heterocycles. The van der Waals surface area contributed by atoms with Gasteiger partial charge in [0.05, 0.1) is 36.3 Å². The van der Waals surface area contributed by atoms with Crippen LogP contribution in [0.25, 0.3) is 0 Å². The molecule has 1 aromatic heterocycles. The second-order valence-electron chi connectivity index (χ2n) is 16.0. The van der Waals surface area contributed by atoms with Gasteiger partial charge in [0, 0.05) is 55.1 Å². The van der Waals surface area contributed by atoms with Crippen molar-refractivity contribution in [2.75, 3.05) is 50.3 Å². The smallest absolute Gasteiger partial charge is 0.432 e. The number of methoxy groups -OCH3 is 3. The van der Waals surface area contributed by atoms with Crippen molar-refractivity contribution in [3.8, 4) is 11.5 Å². The molecule has 2 heterocycles. The molecule has 0 spiro atoms. The van der Waals surface area contributed by atoms with Gasteiger partial charge in [0.15, 0.2) is 5.13 Å². The number of hydrogen-bond acceptors (Lipinski definition) is 13. The number of thiazole rings is 1. The van der Waals surface area contributed by atoms with Gasteiger partial charge < -0.3 is 33.3 Å². The summed E-state index contributed by atoms with van der Waals surface area (Å²) in [6, 6.07) is 23.3. The number of hydrogen-bond donors (Lipinski definition) is 0. The highest BCUT2D eigenvalue weighted by Gasteiger charge is 2.65. The summed E-state index contributed by atoms with van der Waals surface area (Å²) in [5, 5.41) is 1.68. The number of nitrogens with zero attached hydrogens (tertiary/aromatic N) is 3. The predicted octanol–water partition coefficient (Wildman–Crippen LogP) is 10.3. The van der Waals surface area contributed by atoms with Crippen molar-refractivity contribution in [3.63, 3.8) is 0 Å². The highest BCUT2D eigenvalue weighted by Crippen LogP contribution is 2.47. The van der Waals surface area contributed by atoms with Crippen molar-refractivity contribution >= 4 is 49.8 Å². The number of alkyl halides is 9. The minimum atomic E-state index is -5.60. The van der Waals surface area contributed by atoms with Crippen molar-refractivity contribution < 1.29 is 85.9 Å².